The first-order valence-electron chi connectivity index (χ1n) is 9.75. The second kappa shape index (κ2) is 9.70. The third-order valence-corrected chi connectivity index (χ3v) is 5.54. The molecule has 1 atom stereocenters. The smallest absolute Gasteiger partial charge is 0.344 e. The van der Waals surface area contributed by atoms with Crippen LogP contribution in [0.2, 0.25) is 0 Å². The lowest BCUT2D eigenvalue weighted by Gasteiger charge is -2.16. The Bertz CT molecular complexity index is 1080. The van der Waals surface area contributed by atoms with E-state index in [0.717, 1.165) is 22.4 Å². The number of aryl methyl sites for hydroxylation is 2. The monoisotopic (exact) mass is 440 g/mol. The number of carbonyl (C=O) groups is 2. The average Bonchev–Trinajstić information content (AvgIpc) is 3.07. The molecule has 162 valence electrons. The highest BCUT2D eigenvalue weighted by Crippen LogP contribution is 2.33. The summed E-state index contributed by atoms with van der Waals surface area (Å²) in [5.41, 5.74) is 3.71. The number of aliphatic imine (C=N–C) groups is 1. The van der Waals surface area contributed by atoms with Gasteiger partial charge in [-0.2, -0.15) is 0 Å². The number of nitrogens with zero attached hydrogens (tertiary/aromatic N) is 1. The molecule has 0 radical (unpaired) electrons. The molecule has 1 aliphatic rings. The van der Waals surface area contributed by atoms with Crippen molar-refractivity contribution < 1.29 is 24.2 Å². The molecule has 1 heterocycles. The summed E-state index contributed by atoms with van der Waals surface area (Å²) in [5.74, 6) is -0.545. The Labute approximate surface area is 185 Å². The number of methoxy groups -OCH3 is 1. The number of hydrogen-bond donors (Lipinski definition) is 2. The fraction of sp³-hybridized carbons (Fsp3) is 0.261. The Morgan fingerprint density at radius 3 is 2.65 bits per heavy atom. The fourth-order valence-electron chi connectivity index (χ4n) is 3.01. The highest BCUT2D eigenvalue weighted by atomic mass is 32.2. The van der Waals surface area contributed by atoms with Crippen LogP contribution in [0.15, 0.2) is 46.3 Å². The number of thioether (sulfide) groups is 1. The minimum Gasteiger partial charge on any atom is -0.493 e. The first-order chi connectivity index (χ1) is 14.8. The van der Waals surface area contributed by atoms with Crippen molar-refractivity contribution in [2.75, 3.05) is 7.11 Å². The summed E-state index contributed by atoms with van der Waals surface area (Å²) < 4.78 is 10.9. The number of nitrogens with one attached hydrogen (secondary N) is 1. The lowest BCUT2D eigenvalue weighted by Crippen LogP contribution is -2.26. The molecule has 1 saturated heterocycles. The van der Waals surface area contributed by atoms with Crippen LogP contribution in [0, 0.1) is 13.8 Å². The van der Waals surface area contributed by atoms with Crippen molar-refractivity contribution in [1.82, 2.24) is 5.32 Å². The number of carbonyl (C=O) groups excluding carboxylic acids is 1. The first-order valence-corrected chi connectivity index (χ1v) is 10.6. The van der Waals surface area contributed by atoms with Crippen molar-refractivity contribution in [2.45, 2.75) is 33.3 Å². The Morgan fingerprint density at radius 2 is 2.00 bits per heavy atom. The largest absolute Gasteiger partial charge is 0.493 e. The molecule has 0 aromatic heterocycles. The van der Waals surface area contributed by atoms with Crippen LogP contribution in [0.5, 0.6) is 11.5 Å². The van der Waals surface area contributed by atoms with Crippen LogP contribution >= 0.6 is 11.8 Å². The zero-order valence-corrected chi connectivity index (χ0v) is 18.6. The molecule has 0 aliphatic carbocycles. The number of benzene rings is 2. The summed E-state index contributed by atoms with van der Waals surface area (Å²) >= 11 is 1.26. The van der Waals surface area contributed by atoms with Crippen LogP contribution in [-0.2, 0) is 9.59 Å². The van der Waals surface area contributed by atoms with Gasteiger partial charge in [-0.15, -0.1) is 0 Å². The van der Waals surface area contributed by atoms with Crippen LogP contribution in [0.3, 0.4) is 0 Å². The van der Waals surface area contributed by atoms with Crippen LogP contribution in [0.4, 0.5) is 5.69 Å². The maximum Gasteiger partial charge on any atom is 0.344 e. The number of amidine groups is 1. The number of carboxylic acid groups (broad SMARTS) is 1. The summed E-state index contributed by atoms with van der Waals surface area (Å²) in [5, 5.41) is 12.5. The van der Waals surface area contributed by atoms with Gasteiger partial charge in [-0.1, -0.05) is 30.7 Å². The second-order valence-electron chi connectivity index (χ2n) is 7.03. The van der Waals surface area contributed by atoms with Gasteiger partial charge in [-0.3, -0.25) is 4.79 Å². The van der Waals surface area contributed by atoms with Gasteiger partial charge >= 0.3 is 5.97 Å². The third kappa shape index (κ3) is 5.46. The fourth-order valence-corrected chi connectivity index (χ4v) is 3.84. The van der Waals surface area contributed by atoms with Gasteiger partial charge in [0.1, 0.15) is 0 Å². The summed E-state index contributed by atoms with van der Waals surface area (Å²) in [6, 6.07) is 11.0. The number of ether oxygens (including phenoxy) is 2. The van der Waals surface area contributed by atoms with E-state index in [1.165, 1.54) is 18.9 Å². The highest BCUT2D eigenvalue weighted by Gasteiger charge is 2.24. The summed E-state index contributed by atoms with van der Waals surface area (Å²) in [6.07, 6.45) is 1.09. The number of hydrogen-bond acceptors (Lipinski definition) is 6. The summed E-state index contributed by atoms with van der Waals surface area (Å²) in [7, 11) is 1.48. The van der Waals surface area contributed by atoms with E-state index in [1.807, 2.05) is 32.0 Å². The predicted molar refractivity (Wildman–Crippen MR) is 122 cm³/mol. The molecule has 1 aliphatic heterocycles. The van der Waals surface area contributed by atoms with Crippen molar-refractivity contribution in [3.05, 3.63) is 58.0 Å². The molecule has 1 amide bonds. The minimum atomic E-state index is -1.04. The Balaban J connectivity index is 1.82. The van der Waals surface area contributed by atoms with E-state index >= 15 is 0 Å². The van der Waals surface area contributed by atoms with E-state index < -0.39 is 12.1 Å². The van der Waals surface area contributed by atoms with E-state index in [2.05, 4.69) is 10.3 Å². The quantitative estimate of drug-likeness (QED) is 0.618. The Hall–Kier alpha value is -3.26. The van der Waals surface area contributed by atoms with Gasteiger partial charge in [-0.05, 0) is 67.4 Å². The molecular weight excluding hydrogens is 416 g/mol. The molecule has 0 saturated carbocycles. The molecule has 0 spiro atoms. The van der Waals surface area contributed by atoms with Crippen molar-refractivity contribution in [1.29, 1.82) is 0 Å². The maximum absolute atomic E-state index is 12.4. The zero-order chi connectivity index (χ0) is 22.5. The van der Waals surface area contributed by atoms with Crippen LogP contribution in [0.25, 0.3) is 6.08 Å². The van der Waals surface area contributed by atoms with Gasteiger partial charge in [0.15, 0.2) is 22.8 Å². The third-order valence-electron chi connectivity index (χ3n) is 4.63. The van der Waals surface area contributed by atoms with E-state index in [1.54, 1.807) is 31.2 Å². The van der Waals surface area contributed by atoms with Gasteiger partial charge in [-0.25, -0.2) is 9.79 Å². The zero-order valence-electron chi connectivity index (χ0n) is 17.8. The number of aliphatic carboxylic acids is 1. The maximum atomic E-state index is 12.4. The van der Waals surface area contributed by atoms with Crippen LogP contribution in [0.1, 0.15) is 30.0 Å². The van der Waals surface area contributed by atoms with Gasteiger partial charge in [0.2, 0.25) is 0 Å². The minimum absolute atomic E-state index is 0.232. The lowest BCUT2D eigenvalue weighted by atomic mass is 10.1. The average molecular weight is 441 g/mol. The molecule has 31 heavy (non-hydrogen) atoms. The van der Waals surface area contributed by atoms with Crippen molar-refractivity contribution in [2.24, 2.45) is 4.99 Å². The van der Waals surface area contributed by atoms with Crippen molar-refractivity contribution in [3.8, 4) is 11.5 Å². The van der Waals surface area contributed by atoms with Crippen LogP contribution in [-0.4, -0.2) is 35.4 Å². The molecule has 7 nitrogen and oxygen atoms in total. The van der Waals surface area contributed by atoms with Gasteiger partial charge in [0, 0.05) is 0 Å². The van der Waals surface area contributed by atoms with Crippen LogP contribution < -0.4 is 14.8 Å². The molecule has 0 bridgehead atoms. The topological polar surface area (TPSA) is 97.2 Å². The first kappa shape index (κ1) is 22.4. The molecule has 3 rings (SSSR count). The molecular formula is C23H24N2O5S. The molecule has 1 unspecified atom stereocenters. The summed E-state index contributed by atoms with van der Waals surface area (Å²) in [4.78, 5) is 28.7. The normalized spacial score (nSPS) is 17.0. The van der Waals surface area contributed by atoms with Crippen molar-refractivity contribution >= 4 is 40.6 Å². The van der Waals surface area contributed by atoms with E-state index in [9.17, 15) is 14.7 Å². The summed E-state index contributed by atoms with van der Waals surface area (Å²) in [6.45, 7) is 5.73. The standard InChI is InChI=1S/C23H24N2O5S/c1-5-17(22(27)28)30-18-9-7-15(11-19(18)29-4)12-20-21(26)25-23(31-20)24-16-8-6-13(2)10-14(16)3/h6-12,17H,5H2,1-4H3,(H,27,28)(H,24,25,26)/b20-12+. The van der Waals surface area contributed by atoms with E-state index in [4.69, 9.17) is 9.47 Å². The second-order valence-corrected chi connectivity index (χ2v) is 8.07. The van der Waals surface area contributed by atoms with E-state index in [-0.39, 0.29) is 5.91 Å². The van der Waals surface area contributed by atoms with Gasteiger partial charge in [0.05, 0.1) is 17.7 Å². The Morgan fingerprint density at radius 1 is 1.23 bits per heavy atom. The van der Waals surface area contributed by atoms with Crippen molar-refractivity contribution in [3.63, 3.8) is 0 Å². The Kier molecular flexibility index (Phi) is 7.02. The number of rotatable bonds is 7. The highest BCUT2D eigenvalue weighted by molar-refractivity contribution is 8.18. The predicted octanol–water partition coefficient (Wildman–Crippen LogP) is 4.45. The molecule has 2 N–H and O–H groups in total. The number of amides is 1. The van der Waals surface area contributed by atoms with Gasteiger partial charge in [0.25, 0.3) is 5.91 Å². The van der Waals surface area contributed by atoms with E-state index in [0.29, 0.717) is 28.0 Å². The lowest BCUT2D eigenvalue weighted by molar-refractivity contribution is -0.145. The molecule has 8 heteroatoms. The SMILES string of the molecule is CCC(Oc1ccc(/C=C2/SC(=Nc3ccc(C)cc3C)NC2=O)cc1OC)C(=O)O. The van der Waals surface area contributed by atoms with Gasteiger partial charge < -0.3 is 19.9 Å². The molecule has 1 fully saturated rings. The number of carboxylic acids is 1. The molecule has 2 aromatic rings. The molecule has 2 aromatic carbocycles.